The highest BCUT2D eigenvalue weighted by Gasteiger charge is 2.34. The minimum atomic E-state index is -4.30. The van der Waals surface area contributed by atoms with Gasteiger partial charge in [0.15, 0.2) is 0 Å². The number of aromatic nitrogens is 1. The van der Waals surface area contributed by atoms with Crippen molar-refractivity contribution in [2.45, 2.75) is 51.8 Å². The Balaban J connectivity index is 1.42. The molecule has 3 aromatic carbocycles. The van der Waals surface area contributed by atoms with Crippen molar-refractivity contribution in [1.82, 2.24) is 20.5 Å². The van der Waals surface area contributed by atoms with E-state index in [9.17, 15) is 18.9 Å². The summed E-state index contributed by atoms with van der Waals surface area (Å²) in [6, 6.07) is 16.4. The van der Waals surface area contributed by atoms with Gasteiger partial charge >= 0.3 is 19.7 Å². The maximum Gasteiger partial charge on any atom is 0.420 e. The zero-order chi connectivity index (χ0) is 34.4. The van der Waals surface area contributed by atoms with E-state index in [1.165, 1.54) is 32.4 Å². The van der Waals surface area contributed by atoms with E-state index in [-0.39, 0.29) is 34.2 Å². The number of carbonyl (C=O) groups is 3. The number of para-hydroxylation sites is 1. The molecule has 4 aromatic rings. The highest BCUT2D eigenvalue weighted by atomic mass is 35.5. The summed E-state index contributed by atoms with van der Waals surface area (Å²) in [6.45, 7) is 4.81. The second-order valence-electron chi connectivity index (χ2n) is 11.2. The molecule has 0 spiro atoms. The first-order valence-electron chi connectivity index (χ1n) is 15.1. The molecule has 1 aliphatic carbocycles. The van der Waals surface area contributed by atoms with Crippen molar-refractivity contribution in [3.05, 3.63) is 83.5 Å². The van der Waals surface area contributed by atoms with Crippen LogP contribution in [0, 0.1) is 0 Å². The van der Waals surface area contributed by atoms with Crippen LogP contribution < -0.4 is 34.8 Å². The number of esters is 1. The Kier molecular flexibility index (Phi) is 10.7. The zero-order valence-electron chi connectivity index (χ0n) is 26.6. The van der Waals surface area contributed by atoms with Gasteiger partial charge in [-0.15, -0.1) is 0 Å². The second kappa shape index (κ2) is 14.9. The van der Waals surface area contributed by atoms with Crippen LogP contribution in [0.2, 0.25) is 5.02 Å². The summed E-state index contributed by atoms with van der Waals surface area (Å²) in [6.07, 6.45) is 3.02. The number of carbonyl (C=O) groups excluding carboxylic acids is 3. The maximum atomic E-state index is 14.1. The largest absolute Gasteiger partial charge is 0.496 e. The second-order valence-corrected chi connectivity index (χ2v) is 13.4. The number of halogens is 1. The number of rotatable bonds is 13. The van der Waals surface area contributed by atoms with Crippen molar-refractivity contribution < 1.29 is 37.7 Å². The first kappa shape index (κ1) is 34.5. The molecule has 48 heavy (non-hydrogen) atoms. The molecule has 15 heteroatoms. The van der Waals surface area contributed by atoms with Crippen LogP contribution in [-0.2, 0) is 14.1 Å². The fourth-order valence-electron chi connectivity index (χ4n) is 4.49. The number of nitrogens with one attached hydrogen (secondary N) is 4. The molecular formula is C33H35ClN5O8P. The van der Waals surface area contributed by atoms with Crippen LogP contribution in [0.3, 0.4) is 0 Å². The third-order valence-electron chi connectivity index (χ3n) is 6.89. The lowest BCUT2D eigenvalue weighted by Gasteiger charge is -2.24. The van der Waals surface area contributed by atoms with Gasteiger partial charge in [0.2, 0.25) is 0 Å². The monoisotopic (exact) mass is 695 g/mol. The maximum absolute atomic E-state index is 14.1. The van der Waals surface area contributed by atoms with Gasteiger partial charge in [-0.3, -0.25) is 19.7 Å². The van der Waals surface area contributed by atoms with Crippen molar-refractivity contribution in [3.8, 4) is 23.0 Å². The lowest BCUT2D eigenvalue weighted by molar-refractivity contribution is -0.149. The van der Waals surface area contributed by atoms with Crippen LogP contribution in [-0.4, -0.2) is 48.2 Å². The number of benzene rings is 3. The third kappa shape index (κ3) is 8.94. The van der Waals surface area contributed by atoms with Gasteiger partial charge in [-0.1, -0.05) is 29.8 Å². The first-order valence-corrected chi connectivity index (χ1v) is 17.1. The van der Waals surface area contributed by atoms with Crippen molar-refractivity contribution in [3.63, 3.8) is 0 Å². The molecule has 13 nitrogen and oxygen atoms in total. The summed E-state index contributed by atoms with van der Waals surface area (Å²) in [7, 11) is -2.92. The van der Waals surface area contributed by atoms with E-state index >= 15 is 0 Å². The molecule has 5 rings (SSSR count). The number of hydrogen-bond acceptors (Lipinski definition) is 9. The Morgan fingerprint density at radius 3 is 2.38 bits per heavy atom. The van der Waals surface area contributed by atoms with Gasteiger partial charge in [-0.05, 0) is 70.0 Å². The van der Waals surface area contributed by atoms with E-state index in [4.69, 9.17) is 30.3 Å². The van der Waals surface area contributed by atoms with Gasteiger partial charge in [-0.25, -0.2) is 14.4 Å². The number of anilines is 1. The molecule has 1 aromatic heterocycles. The van der Waals surface area contributed by atoms with Crippen molar-refractivity contribution >= 4 is 53.8 Å². The van der Waals surface area contributed by atoms with Crippen molar-refractivity contribution in [1.29, 1.82) is 0 Å². The predicted molar refractivity (Wildman–Crippen MR) is 181 cm³/mol. The minimum Gasteiger partial charge on any atom is -0.496 e. The standard InChI is InChI=1S/C33H35ClN5O8P/c1-19(2)45-32(41)20(3)38-48(43,47-22-8-6-5-7-9-22)39-31(40)25-17-24-28(18-30(25)44-4)35-15-14-29(24)46-23-12-13-27(26(34)16-23)37-33(42)36-21-10-11-21/h5-9,12-21H,10-11H2,1-4H3,(H2,36,37,42)(H2,38,39,40,43)/t20-,48+/m1/s1. The fourth-order valence-corrected chi connectivity index (χ4v) is 6.29. The normalized spacial score (nSPS) is 14.4. The molecule has 0 aliphatic heterocycles. The van der Waals surface area contributed by atoms with E-state index in [1.54, 1.807) is 68.4 Å². The number of fused-ring (bicyclic) bond motifs is 1. The summed E-state index contributed by atoms with van der Waals surface area (Å²) in [5.74, 6) is -0.514. The molecule has 3 amide bonds. The molecule has 252 valence electrons. The number of pyridine rings is 1. The fraction of sp³-hybridized carbons (Fsp3) is 0.273. The molecule has 2 atom stereocenters. The number of urea groups is 1. The molecule has 0 unspecified atom stereocenters. The van der Waals surface area contributed by atoms with Gasteiger partial charge in [0.05, 0.1) is 35.0 Å². The molecule has 4 N–H and O–H groups in total. The van der Waals surface area contributed by atoms with Gasteiger partial charge in [-0.2, -0.15) is 0 Å². The SMILES string of the molecule is COc1cc2nccc(Oc3ccc(NC(=O)NC4CC4)c(Cl)c3)c2cc1C(=O)N[P@](=O)(N[C@H](C)C(=O)OC(C)C)Oc1ccccc1. The lowest BCUT2D eigenvalue weighted by Crippen LogP contribution is -2.40. The number of ether oxygens (including phenoxy) is 3. The zero-order valence-corrected chi connectivity index (χ0v) is 28.3. The van der Waals surface area contributed by atoms with E-state index < -0.39 is 31.7 Å². The Morgan fingerprint density at radius 2 is 1.71 bits per heavy atom. The van der Waals surface area contributed by atoms with Crippen LogP contribution in [0.5, 0.6) is 23.0 Å². The van der Waals surface area contributed by atoms with Gasteiger partial charge in [0, 0.05) is 29.8 Å². The van der Waals surface area contributed by atoms with E-state index in [2.05, 4.69) is 25.8 Å². The summed E-state index contributed by atoms with van der Waals surface area (Å²) < 4.78 is 36.7. The number of amides is 3. The van der Waals surface area contributed by atoms with E-state index in [1.807, 2.05) is 0 Å². The molecule has 1 saturated carbocycles. The molecule has 0 saturated heterocycles. The van der Waals surface area contributed by atoms with Gasteiger partial charge < -0.3 is 29.4 Å². The lowest BCUT2D eigenvalue weighted by atomic mass is 10.1. The minimum absolute atomic E-state index is 0.0156. The Hall–Kier alpha value is -4.84. The van der Waals surface area contributed by atoms with Crippen LogP contribution in [0.25, 0.3) is 10.9 Å². The summed E-state index contributed by atoms with van der Waals surface area (Å²) >= 11 is 6.44. The Labute approximate surface area is 282 Å². The highest BCUT2D eigenvalue weighted by molar-refractivity contribution is 7.56. The van der Waals surface area contributed by atoms with Gasteiger partial charge in [0.1, 0.15) is 29.0 Å². The topological polar surface area (TPSA) is 166 Å². The van der Waals surface area contributed by atoms with Crippen molar-refractivity contribution in [2.24, 2.45) is 0 Å². The average molecular weight is 696 g/mol. The first-order chi connectivity index (χ1) is 22.9. The molecule has 0 radical (unpaired) electrons. The molecule has 1 fully saturated rings. The quantitative estimate of drug-likeness (QED) is 0.0861. The summed E-state index contributed by atoms with van der Waals surface area (Å²) in [4.78, 5) is 42.9. The third-order valence-corrected chi connectivity index (χ3v) is 8.90. The molecule has 0 bridgehead atoms. The van der Waals surface area contributed by atoms with Crippen LogP contribution in [0.15, 0.2) is 72.9 Å². The summed E-state index contributed by atoms with van der Waals surface area (Å²) in [5, 5.41) is 11.3. The number of nitrogens with zero attached hydrogens (tertiary/aromatic N) is 1. The van der Waals surface area contributed by atoms with E-state index in [0.717, 1.165) is 12.8 Å². The summed E-state index contributed by atoms with van der Waals surface area (Å²) in [5.41, 5.74) is 0.833. The number of hydrogen-bond donors (Lipinski definition) is 4. The molecular weight excluding hydrogens is 661 g/mol. The average Bonchev–Trinajstić information content (AvgIpc) is 3.85. The molecule has 1 aliphatic rings. The van der Waals surface area contributed by atoms with Crippen LogP contribution in [0.4, 0.5) is 10.5 Å². The van der Waals surface area contributed by atoms with Crippen LogP contribution >= 0.6 is 19.3 Å². The molecule has 1 heterocycles. The smallest absolute Gasteiger partial charge is 0.420 e. The van der Waals surface area contributed by atoms with Crippen molar-refractivity contribution in [2.75, 3.05) is 12.4 Å². The predicted octanol–water partition coefficient (Wildman–Crippen LogP) is 6.82. The van der Waals surface area contributed by atoms with Crippen LogP contribution in [0.1, 0.15) is 44.0 Å². The Morgan fingerprint density at radius 1 is 0.958 bits per heavy atom. The van der Waals surface area contributed by atoms with Gasteiger partial charge in [0.25, 0.3) is 5.91 Å². The van der Waals surface area contributed by atoms with E-state index in [0.29, 0.717) is 28.1 Å². The number of methoxy groups -OCH3 is 1. The Bertz CT molecular complexity index is 1870. The highest BCUT2D eigenvalue weighted by Crippen LogP contribution is 2.41.